The quantitative estimate of drug-likeness (QED) is 0.897. The van der Waals surface area contributed by atoms with Crippen molar-refractivity contribution < 1.29 is 22.7 Å². The fraction of sp³-hybridized carbons (Fsp3) is 0.235. The number of nitrogens with one attached hydrogen (secondary N) is 1. The van der Waals surface area contributed by atoms with Crippen LogP contribution in [0, 0.1) is 0 Å². The summed E-state index contributed by atoms with van der Waals surface area (Å²) in [6.45, 7) is 0. The summed E-state index contributed by atoms with van der Waals surface area (Å²) in [7, 11) is 3.35. The highest BCUT2D eigenvalue weighted by atomic mass is 19.4. The third kappa shape index (κ3) is 5.19. The molecule has 0 aromatic heterocycles. The number of anilines is 2. The Labute approximate surface area is 137 Å². The monoisotopic (exact) mass is 338 g/mol. The molecule has 0 bridgehead atoms. The Morgan fingerprint density at radius 3 is 2.29 bits per heavy atom. The summed E-state index contributed by atoms with van der Waals surface area (Å²) in [6, 6.07) is 12.7. The lowest BCUT2D eigenvalue weighted by molar-refractivity contribution is -0.274. The minimum Gasteiger partial charge on any atom is -0.404 e. The number of benzene rings is 2. The van der Waals surface area contributed by atoms with Gasteiger partial charge in [0.2, 0.25) is 5.91 Å². The first-order chi connectivity index (χ1) is 11.2. The molecule has 24 heavy (non-hydrogen) atoms. The second-order valence-corrected chi connectivity index (χ2v) is 5.33. The number of ether oxygens (including phenoxy) is 1. The first kappa shape index (κ1) is 17.7. The molecule has 2 rings (SSSR count). The van der Waals surface area contributed by atoms with Crippen molar-refractivity contribution in [3.63, 3.8) is 0 Å². The molecule has 2 aromatic carbocycles. The molecule has 0 saturated carbocycles. The highest BCUT2D eigenvalue weighted by Gasteiger charge is 2.32. The highest BCUT2D eigenvalue weighted by molar-refractivity contribution is 5.78. The zero-order valence-corrected chi connectivity index (χ0v) is 13.2. The molecule has 0 saturated heterocycles. The molecule has 0 radical (unpaired) electrons. The number of carbonyl (C=O) groups excluding carboxylic acids is 1. The van der Waals surface area contributed by atoms with E-state index >= 15 is 0 Å². The number of alkyl halides is 3. The van der Waals surface area contributed by atoms with Crippen molar-refractivity contribution >= 4 is 17.3 Å². The van der Waals surface area contributed by atoms with Crippen molar-refractivity contribution in [2.45, 2.75) is 12.8 Å². The molecule has 0 unspecified atom stereocenters. The van der Waals surface area contributed by atoms with E-state index in [0.717, 1.165) is 5.56 Å². The molecule has 0 fully saturated rings. The summed E-state index contributed by atoms with van der Waals surface area (Å²) >= 11 is 0. The van der Waals surface area contributed by atoms with Crippen molar-refractivity contribution in [2.75, 3.05) is 19.4 Å². The molecule has 128 valence electrons. The van der Waals surface area contributed by atoms with Crippen LogP contribution < -0.4 is 10.1 Å². The molecular weight excluding hydrogens is 321 g/mol. The van der Waals surface area contributed by atoms with Gasteiger partial charge in [0.25, 0.3) is 0 Å². The lowest BCUT2D eigenvalue weighted by Crippen LogP contribution is -2.23. The maximum absolute atomic E-state index is 12.4. The average molecular weight is 338 g/mol. The lowest BCUT2D eigenvalue weighted by Gasteiger charge is -2.15. The third-order valence-electron chi connectivity index (χ3n) is 3.20. The van der Waals surface area contributed by atoms with Gasteiger partial charge in [-0.3, -0.25) is 4.79 Å². The minimum atomic E-state index is -4.76. The third-order valence-corrected chi connectivity index (χ3v) is 3.20. The Morgan fingerprint density at radius 1 is 1.08 bits per heavy atom. The predicted molar refractivity (Wildman–Crippen MR) is 85.2 cm³/mol. The summed E-state index contributed by atoms with van der Waals surface area (Å²) in [5.41, 5.74) is 1.61. The number of hydrogen-bond acceptors (Lipinski definition) is 3. The Hall–Kier alpha value is -2.70. The topological polar surface area (TPSA) is 41.6 Å². The van der Waals surface area contributed by atoms with Gasteiger partial charge in [-0.25, -0.2) is 0 Å². The van der Waals surface area contributed by atoms with Crippen molar-refractivity contribution in [1.82, 2.24) is 4.90 Å². The molecule has 0 atom stereocenters. The fourth-order valence-electron chi connectivity index (χ4n) is 1.98. The maximum atomic E-state index is 12.4. The molecule has 0 aliphatic rings. The van der Waals surface area contributed by atoms with Crippen LogP contribution in [0.2, 0.25) is 0 Å². The molecule has 4 nitrogen and oxygen atoms in total. The number of halogens is 3. The zero-order valence-electron chi connectivity index (χ0n) is 13.2. The van der Waals surface area contributed by atoms with Crippen LogP contribution in [-0.4, -0.2) is 31.3 Å². The largest absolute Gasteiger partial charge is 0.573 e. The van der Waals surface area contributed by atoms with Crippen LogP contribution in [-0.2, 0) is 11.2 Å². The predicted octanol–water partition coefficient (Wildman–Crippen LogP) is 3.96. The van der Waals surface area contributed by atoms with Crippen molar-refractivity contribution in [3.8, 4) is 5.75 Å². The number of para-hydroxylation sites is 2. The molecule has 0 aliphatic heterocycles. The SMILES string of the molecule is CN(C)C(=O)Cc1ccc(Nc2ccccc2OC(F)(F)F)cc1. The summed E-state index contributed by atoms with van der Waals surface area (Å²) in [5, 5.41) is 2.88. The van der Waals surface area contributed by atoms with Gasteiger partial charge in [0.05, 0.1) is 12.1 Å². The van der Waals surface area contributed by atoms with E-state index in [-0.39, 0.29) is 23.8 Å². The Balaban J connectivity index is 2.11. The second-order valence-electron chi connectivity index (χ2n) is 5.33. The molecule has 1 N–H and O–H groups in total. The van der Waals surface area contributed by atoms with Crippen LogP contribution in [0.4, 0.5) is 24.5 Å². The van der Waals surface area contributed by atoms with Crippen molar-refractivity contribution in [3.05, 3.63) is 54.1 Å². The van der Waals surface area contributed by atoms with E-state index in [0.29, 0.717) is 5.69 Å². The van der Waals surface area contributed by atoms with Gasteiger partial charge in [-0.05, 0) is 29.8 Å². The molecule has 0 spiro atoms. The van der Waals surface area contributed by atoms with Crippen LogP contribution in [0.15, 0.2) is 48.5 Å². The van der Waals surface area contributed by atoms with Gasteiger partial charge in [-0.15, -0.1) is 13.2 Å². The average Bonchev–Trinajstić information content (AvgIpc) is 2.49. The number of hydrogen-bond donors (Lipinski definition) is 1. The van der Waals surface area contributed by atoms with Crippen LogP contribution in [0.25, 0.3) is 0 Å². The zero-order chi connectivity index (χ0) is 17.7. The van der Waals surface area contributed by atoms with Crippen LogP contribution in [0.3, 0.4) is 0 Å². The summed E-state index contributed by atoms with van der Waals surface area (Å²) < 4.78 is 41.2. The van der Waals surface area contributed by atoms with Crippen LogP contribution in [0.5, 0.6) is 5.75 Å². The molecule has 0 heterocycles. The molecule has 7 heteroatoms. The number of rotatable bonds is 5. The summed E-state index contributed by atoms with van der Waals surface area (Å²) in [5.74, 6) is -0.337. The van der Waals surface area contributed by atoms with Gasteiger partial charge < -0.3 is 15.0 Å². The number of nitrogens with zero attached hydrogens (tertiary/aromatic N) is 1. The minimum absolute atomic E-state index is 0.0281. The van der Waals surface area contributed by atoms with E-state index in [1.807, 2.05) is 0 Å². The summed E-state index contributed by atoms with van der Waals surface area (Å²) in [6.07, 6.45) is -4.49. The van der Waals surface area contributed by atoms with Crippen LogP contribution in [0.1, 0.15) is 5.56 Å². The smallest absolute Gasteiger partial charge is 0.404 e. The van der Waals surface area contributed by atoms with Crippen molar-refractivity contribution in [1.29, 1.82) is 0 Å². The van der Waals surface area contributed by atoms with Gasteiger partial charge in [-0.1, -0.05) is 24.3 Å². The van der Waals surface area contributed by atoms with Gasteiger partial charge in [0.1, 0.15) is 0 Å². The van der Waals surface area contributed by atoms with Gasteiger partial charge >= 0.3 is 6.36 Å². The molecular formula is C17H17F3N2O2. The number of amides is 1. The summed E-state index contributed by atoms with van der Waals surface area (Å²) in [4.78, 5) is 13.1. The first-order valence-electron chi connectivity index (χ1n) is 7.15. The second kappa shape index (κ2) is 7.25. The molecule has 0 aliphatic carbocycles. The van der Waals surface area contributed by atoms with Gasteiger partial charge in [0.15, 0.2) is 5.75 Å². The van der Waals surface area contributed by atoms with E-state index in [9.17, 15) is 18.0 Å². The van der Waals surface area contributed by atoms with Gasteiger partial charge in [0, 0.05) is 19.8 Å². The van der Waals surface area contributed by atoms with E-state index < -0.39 is 6.36 Å². The molecule has 1 amide bonds. The normalized spacial score (nSPS) is 11.0. The highest BCUT2D eigenvalue weighted by Crippen LogP contribution is 2.32. The first-order valence-corrected chi connectivity index (χ1v) is 7.15. The molecule has 2 aromatic rings. The van der Waals surface area contributed by atoms with E-state index in [1.54, 1.807) is 44.4 Å². The van der Waals surface area contributed by atoms with E-state index in [2.05, 4.69) is 10.1 Å². The number of carbonyl (C=O) groups is 1. The maximum Gasteiger partial charge on any atom is 0.573 e. The Bertz CT molecular complexity index is 698. The lowest BCUT2D eigenvalue weighted by atomic mass is 10.1. The Morgan fingerprint density at radius 2 is 1.71 bits per heavy atom. The van der Waals surface area contributed by atoms with Crippen LogP contribution >= 0.6 is 0 Å². The number of likely N-dealkylation sites (N-methyl/N-ethyl adjacent to an activating group) is 1. The fourth-order valence-corrected chi connectivity index (χ4v) is 1.98. The Kier molecular flexibility index (Phi) is 5.33. The standard InChI is InChI=1S/C17H17F3N2O2/c1-22(2)16(23)11-12-7-9-13(10-8-12)21-14-5-3-4-6-15(14)24-17(18,19)20/h3-10,21H,11H2,1-2H3. The van der Waals surface area contributed by atoms with E-state index in [1.165, 1.54) is 23.1 Å². The van der Waals surface area contributed by atoms with Gasteiger partial charge in [-0.2, -0.15) is 0 Å². The van der Waals surface area contributed by atoms with Crippen molar-refractivity contribution in [2.24, 2.45) is 0 Å². The van der Waals surface area contributed by atoms with E-state index in [4.69, 9.17) is 0 Å².